The molecule has 0 aliphatic carbocycles. The van der Waals surface area contributed by atoms with Gasteiger partial charge < -0.3 is 5.32 Å². The minimum absolute atomic E-state index is 0.190. The van der Waals surface area contributed by atoms with Crippen molar-refractivity contribution in [1.29, 1.82) is 0 Å². The van der Waals surface area contributed by atoms with E-state index in [1.165, 1.54) is 10.8 Å². The normalized spacial score (nSPS) is 11.1. The smallest absolute Gasteiger partial charge is 0.254 e. The summed E-state index contributed by atoms with van der Waals surface area (Å²) in [5.41, 5.74) is 0.204. The standard InChI is InChI=1S/C14H12F3N5/c1-3-18-13-11(7(2)21-14-19-6-20-22(13)14)12-9(16)4-8(15)5-10(12)17/h4-6,18H,3H2,1-2H3. The number of aromatic nitrogens is 4. The van der Waals surface area contributed by atoms with E-state index in [4.69, 9.17) is 0 Å². The molecule has 114 valence electrons. The van der Waals surface area contributed by atoms with Crippen molar-refractivity contribution in [2.45, 2.75) is 13.8 Å². The zero-order valence-electron chi connectivity index (χ0n) is 11.9. The molecule has 2 aromatic heterocycles. The van der Waals surface area contributed by atoms with Gasteiger partial charge >= 0.3 is 0 Å². The van der Waals surface area contributed by atoms with Crippen LogP contribution in [0.25, 0.3) is 16.9 Å². The van der Waals surface area contributed by atoms with Crippen molar-refractivity contribution in [3.05, 3.63) is 41.6 Å². The van der Waals surface area contributed by atoms with Crippen LogP contribution < -0.4 is 5.32 Å². The van der Waals surface area contributed by atoms with Crippen molar-refractivity contribution in [2.75, 3.05) is 11.9 Å². The van der Waals surface area contributed by atoms with E-state index in [2.05, 4.69) is 20.4 Å². The third-order valence-electron chi connectivity index (χ3n) is 3.21. The van der Waals surface area contributed by atoms with Gasteiger partial charge in [0.15, 0.2) is 0 Å². The van der Waals surface area contributed by atoms with Crippen molar-refractivity contribution in [3.63, 3.8) is 0 Å². The number of aryl methyl sites for hydroxylation is 1. The summed E-state index contributed by atoms with van der Waals surface area (Å²) in [4.78, 5) is 8.15. The van der Waals surface area contributed by atoms with Crippen LogP contribution in [0.5, 0.6) is 0 Å². The van der Waals surface area contributed by atoms with Crippen LogP contribution in [0.4, 0.5) is 19.0 Å². The highest BCUT2D eigenvalue weighted by atomic mass is 19.1. The number of benzene rings is 1. The van der Waals surface area contributed by atoms with Crippen LogP contribution in [0.15, 0.2) is 18.5 Å². The summed E-state index contributed by atoms with van der Waals surface area (Å²) in [6, 6.07) is 1.28. The lowest BCUT2D eigenvalue weighted by molar-refractivity contribution is 0.547. The molecule has 0 unspecified atom stereocenters. The molecule has 0 radical (unpaired) electrons. The molecule has 8 heteroatoms. The number of halogens is 3. The topological polar surface area (TPSA) is 55.1 Å². The zero-order chi connectivity index (χ0) is 15.9. The lowest BCUT2D eigenvalue weighted by Crippen LogP contribution is -2.10. The van der Waals surface area contributed by atoms with E-state index >= 15 is 0 Å². The third kappa shape index (κ3) is 2.16. The summed E-state index contributed by atoms with van der Waals surface area (Å²) in [7, 11) is 0. The van der Waals surface area contributed by atoms with E-state index in [9.17, 15) is 13.2 Å². The number of fused-ring (bicyclic) bond motifs is 1. The fourth-order valence-corrected chi connectivity index (χ4v) is 2.36. The predicted octanol–water partition coefficient (Wildman–Crippen LogP) is 2.95. The Kier molecular flexibility index (Phi) is 3.44. The molecule has 5 nitrogen and oxygen atoms in total. The number of nitrogens with zero attached hydrogens (tertiary/aromatic N) is 4. The summed E-state index contributed by atoms with van der Waals surface area (Å²) in [6.07, 6.45) is 1.30. The first kappa shape index (κ1) is 14.3. The fraction of sp³-hybridized carbons (Fsp3) is 0.214. The first-order valence-corrected chi connectivity index (χ1v) is 6.62. The van der Waals surface area contributed by atoms with Crippen molar-refractivity contribution in [2.24, 2.45) is 0 Å². The van der Waals surface area contributed by atoms with Crippen LogP contribution in [0.2, 0.25) is 0 Å². The van der Waals surface area contributed by atoms with Gasteiger partial charge in [-0.2, -0.15) is 14.6 Å². The minimum Gasteiger partial charge on any atom is -0.370 e. The average molecular weight is 307 g/mol. The predicted molar refractivity (Wildman–Crippen MR) is 75.0 cm³/mol. The van der Waals surface area contributed by atoms with Gasteiger partial charge in [0.1, 0.15) is 29.6 Å². The van der Waals surface area contributed by atoms with E-state index in [1.807, 2.05) is 6.92 Å². The summed E-state index contributed by atoms with van der Waals surface area (Å²) in [6.45, 7) is 3.93. The highest BCUT2D eigenvalue weighted by molar-refractivity contribution is 5.79. The second-order valence-corrected chi connectivity index (χ2v) is 4.67. The molecular weight excluding hydrogens is 295 g/mol. The van der Waals surface area contributed by atoms with E-state index in [0.717, 1.165) is 0 Å². The highest BCUT2D eigenvalue weighted by Gasteiger charge is 2.22. The molecule has 0 saturated heterocycles. The van der Waals surface area contributed by atoms with E-state index in [1.54, 1.807) is 6.92 Å². The molecule has 3 aromatic rings. The highest BCUT2D eigenvalue weighted by Crippen LogP contribution is 2.34. The zero-order valence-corrected chi connectivity index (χ0v) is 11.9. The van der Waals surface area contributed by atoms with Gasteiger partial charge in [-0.05, 0) is 13.8 Å². The molecule has 0 amide bonds. The second-order valence-electron chi connectivity index (χ2n) is 4.67. The van der Waals surface area contributed by atoms with Gasteiger partial charge in [-0.1, -0.05) is 0 Å². The molecule has 0 aliphatic rings. The number of hydrogen-bond donors (Lipinski definition) is 1. The van der Waals surface area contributed by atoms with Crippen LogP contribution in [-0.2, 0) is 0 Å². The summed E-state index contributed by atoms with van der Waals surface area (Å²) >= 11 is 0. The Morgan fingerprint density at radius 2 is 1.82 bits per heavy atom. The van der Waals surface area contributed by atoms with Gasteiger partial charge in [0.05, 0.1) is 16.8 Å². The number of hydrogen-bond acceptors (Lipinski definition) is 4. The van der Waals surface area contributed by atoms with Crippen molar-refractivity contribution < 1.29 is 13.2 Å². The van der Waals surface area contributed by atoms with Gasteiger partial charge in [-0.25, -0.2) is 18.2 Å². The maximum atomic E-state index is 14.1. The largest absolute Gasteiger partial charge is 0.370 e. The summed E-state index contributed by atoms with van der Waals surface area (Å²) in [5, 5.41) is 7.01. The number of rotatable bonds is 3. The first-order chi connectivity index (χ1) is 10.5. The quantitative estimate of drug-likeness (QED) is 0.808. The molecule has 3 rings (SSSR count). The van der Waals surface area contributed by atoms with Gasteiger partial charge in [-0.3, -0.25) is 0 Å². The maximum absolute atomic E-state index is 14.1. The van der Waals surface area contributed by atoms with Gasteiger partial charge in [0.2, 0.25) is 0 Å². The molecule has 1 N–H and O–H groups in total. The minimum atomic E-state index is -0.999. The van der Waals surface area contributed by atoms with Crippen LogP contribution in [0.3, 0.4) is 0 Å². The Morgan fingerprint density at radius 3 is 2.45 bits per heavy atom. The molecule has 22 heavy (non-hydrogen) atoms. The molecule has 0 fully saturated rings. The molecule has 0 saturated carbocycles. The number of nitrogens with one attached hydrogen (secondary N) is 1. The van der Waals surface area contributed by atoms with Crippen LogP contribution in [0, 0.1) is 24.4 Å². The lowest BCUT2D eigenvalue weighted by Gasteiger charge is -2.15. The molecule has 0 spiro atoms. The van der Waals surface area contributed by atoms with Gasteiger partial charge in [0, 0.05) is 18.7 Å². The van der Waals surface area contributed by atoms with Gasteiger partial charge in [-0.15, -0.1) is 0 Å². The van der Waals surface area contributed by atoms with Crippen LogP contribution in [-0.4, -0.2) is 26.1 Å². The molecule has 0 bridgehead atoms. The Labute approximate surface area is 123 Å². The van der Waals surface area contributed by atoms with Crippen molar-refractivity contribution in [1.82, 2.24) is 19.6 Å². The van der Waals surface area contributed by atoms with Crippen LogP contribution >= 0.6 is 0 Å². The molecular formula is C14H12F3N5. The van der Waals surface area contributed by atoms with Crippen molar-refractivity contribution >= 4 is 11.6 Å². The maximum Gasteiger partial charge on any atom is 0.254 e. The van der Waals surface area contributed by atoms with Crippen LogP contribution in [0.1, 0.15) is 12.6 Å². The van der Waals surface area contributed by atoms with Gasteiger partial charge in [0.25, 0.3) is 5.78 Å². The summed E-state index contributed by atoms with van der Waals surface area (Å²) < 4.78 is 42.8. The fourth-order valence-electron chi connectivity index (χ4n) is 2.36. The monoisotopic (exact) mass is 307 g/mol. The Morgan fingerprint density at radius 1 is 1.14 bits per heavy atom. The SMILES string of the molecule is CCNc1c(-c2c(F)cc(F)cc2F)c(C)nc2ncnn12. The Hall–Kier alpha value is -2.64. The van der Waals surface area contributed by atoms with E-state index in [-0.39, 0.29) is 11.1 Å². The van der Waals surface area contributed by atoms with E-state index in [0.29, 0.717) is 36.0 Å². The van der Waals surface area contributed by atoms with E-state index < -0.39 is 17.5 Å². The molecule has 0 aliphatic heterocycles. The lowest BCUT2D eigenvalue weighted by atomic mass is 10.0. The average Bonchev–Trinajstić information content (AvgIpc) is 2.88. The molecule has 0 atom stereocenters. The van der Waals surface area contributed by atoms with Crippen molar-refractivity contribution in [3.8, 4) is 11.1 Å². The molecule has 2 heterocycles. The second kappa shape index (κ2) is 5.28. The first-order valence-electron chi connectivity index (χ1n) is 6.62. The Balaban J connectivity index is 2.39. The Bertz CT molecular complexity index is 836. The molecule has 1 aromatic carbocycles. The third-order valence-corrected chi connectivity index (χ3v) is 3.21. The summed E-state index contributed by atoms with van der Waals surface area (Å²) in [5.74, 6) is -2.31. The number of anilines is 1.